The van der Waals surface area contributed by atoms with Gasteiger partial charge in [0.15, 0.2) is 0 Å². The number of carbonyl (C=O) groups is 1. The number of hydrogen-bond acceptors (Lipinski definition) is 3. The zero-order valence-electron chi connectivity index (χ0n) is 16.9. The van der Waals surface area contributed by atoms with E-state index < -0.39 is 0 Å². The van der Waals surface area contributed by atoms with Gasteiger partial charge in [-0.3, -0.25) is 9.78 Å². The van der Waals surface area contributed by atoms with Gasteiger partial charge in [0.2, 0.25) is 0 Å². The number of amides is 1. The Labute approximate surface area is 176 Å². The second kappa shape index (κ2) is 7.71. The van der Waals surface area contributed by atoms with E-state index in [0.29, 0.717) is 11.3 Å². The second-order valence-corrected chi connectivity index (χ2v) is 7.91. The number of rotatable bonds is 3. The number of fused-ring (bicyclic) bond motifs is 2. The van der Waals surface area contributed by atoms with Gasteiger partial charge in [0.1, 0.15) is 0 Å². The molecule has 2 heterocycles. The molecule has 1 amide bonds. The molecule has 4 aromatic rings. The summed E-state index contributed by atoms with van der Waals surface area (Å²) in [7, 11) is 0. The number of pyridine rings is 2. The molecule has 1 unspecified atom stereocenters. The van der Waals surface area contributed by atoms with Crippen LogP contribution in [0.15, 0.2) is 72.9 Å². The average Bonchev–Trinajstić information content (AvgIpc) is 2.79. The van der Waals surface area contributed by atoms with E-state index in [1.807, 2.05) is 55.5 Å². The van der Waals surface area contributed by atoms with E-state index in [-0.39, 0.29) is 11.9 Å². The molecule has 2 aromatic heterocycles. The Hall–Kier alpha value is -3.53. The van der Waals surface area contributed by atoms with Gasteiger partial charge in [-0.15, -0.1) is 0 Å². The molecule has 1 aliphatic carbocycles. The maximum Gasteiger partial charge on any atom is 0.252 e. The van der Waals surface area contributed by atoms with Crippen molar-refractivity contribution < 1.29 is 4.79 Å². The standard InChI is InChI=1S/C26H23N3O/c1-17-12-13-23-20(15-17)21(16-25(28-23)24-10-4-5-14-27-24)26(30)29-22-11-6-8-18-7-2-3-9-19(18)22/h2-5,7,9-10,12-16,22H,6,8,11H2,1H3,(H,29,30). The monoisotopic (exact) mass is 393 g/mol. The van der Waals surface area contributed by atoms with Gasteiger partial charge in [-0.05, 0) is 67.6 Å². The van der Waals surface area contributed by atoms with Crippen molar-refractivity contribution in [1.29, 1.82) is 0 Å². The first-order valence-electron chi connectivity index (χ1n) is 10.4. The molecule has 0 saturated heterocycles. The predicted molar refractivity (Wildman–Crippen MR) is 119 cm³/mol. The fourth-order valence-electron chi connectivity index (χ4n) is 4.31. The van der Waals surface area contributed by atoms with Crippen LogP contribution in [0.1, 0.15) is 45.9 Å². The van der Waals surface area contributed by atoms with Crippen LogP contribution in [0.2, 0.25) is 0 Å². The Balaban J connectivity index is 1.57. The van der Waals surface area contributed by atoms with Crippen LogP contribution in [0.4, 0.5) is 0 Å². The summed E-state index contributed by atoms with van der Waals surface area (Å²) in [6.45, 7) is 2.03. The number of nitrogens with zero attached hydrogens (tertiary/aromatic N) is 2. The molecule has 0 bridgehead atoms. The SMILES string of the molecule is Cc1ccc2nc(-c3ccccn3)cc(C(=O)NC3CCCc4ccccc43)c2c1. The largest absolute Gasteiger partial charge is 0.345 e. The number of aryl methyl sites for hydroxylation is 2. The van der Waals surface area contributed by atoms with Crippen molar-refractivity contribution in [3.05, 3.63) is 95.2 Å². The fraction of sp³-hybridized carbons (Fsp3) is 0.192. The average molecular weight is 393 g/mol. The fourth-order valence-corrected chi connectivity index (χ4v) is 4.31. The van der Waals surface area contributed by atoms with E-state index in [1.54, 1.807) is 6.20 Å². The third-order valence-corrected chi connectivity index (χ3v) is 5.81. The van der Waals surface area contributed by atoms with E-state index in [1.165, 1.54) is 11.1 Å². The summed E-state index contributed by atoms with van der Waals surface area (Å²) in [5.74, 6) is -0.0631. The molecule has 5 rings (SSSR count). The Morgan fingerprint density at radius 2 is 1.87 bits per heavy atom. The minimum atomic E-state index is -0.0631. The summed E-state index contributed by atoms with van der Waals surface area (Å²) in [6, 6.07) is 22.1. The lowest BCUT2D eigenvalue weighted by atomic mass is 9.87. The van der Waals surface area contributed by atoms with Crippen LogP contribution >= 0.6 is 0 Å². The van der Waals surface area contributed by atoms with Gasteiger partial charge in [0.05, 0.1) is 28.5 Å². The van der Waals surface area contributed by atoms with Gasteiger partial charge in [-0.1, -0.05) is 42.0 Å². The number of hydrogen-bond donors (Lipinski definition) is 1. The molecule has 0 saturated carbocycles. The smallest absolute Gasteiger partial charge is 0.252 e. The molecule has 0 fully saturated rings. The van der Waals surface area contributed by atoms with Crippen LogP contribution < -0.4 is 5.32 Å². The van der Waals surface area contributed by atoms with Crippen LogP contribution in [0.25, 0.3) is 22.3 Å². The third kappa shape index (κ3) is 3.45. The van der Waals surface area contributed by atoms with Gasteiger partial charge in [-0.25, -0.2) is 4.98 Å². The summed E-state index contributed by atoms with van der Waals surface area (Å²) < 4.78 is 0. The third-order valence-electron chi connectivity index (χ3n) is 5.81. The maximum atomic E-state index is 13.5. The molecular formula is C26H23N3O. The number of aromatic nitrogens is 2. The van der Waals surface area contributed by atoms with E-state index >= 15 is 0 Å². The highest BCUT2D eigenvalue weighted by Gasteiger charge is 2.23. The van der Waals surface area contributed by atoms with E-state index in [0.717, 1.165) is 41.4 Å². The van der Waals surface area contributed by atoms with Crippen molar-refractivity contribution in [3.8, 4) is 11.4 Å². The minimum Gasteiger partial charge on any atom is -0.345 e. The summed E-state index contributed by atoms with van der Waals surface area (Å²) in [4.78, 5) is 22.7. The lowest BCUT2D eigenvalue weighted by Gasteiger charge is -2.26. The van der Waals surface area contributed by atoms with Gasteiger partial charge < -0.3 is 5.32 Å². The van der Waals surface area contributed by atoms with Crippen LogP contribution in [0.3, 0.4) is 0 Å². The molecule has 4 heteroatoms. The molecule has 148 valence electrons. The first-order valence-corrected chi connectivity index (χ1v) is 10.4. The molecule has 1 N–H and O–H groups in total. The Bertz CT molecular complexity index is 1230. The maximum absolute atomic E-state index is 13.5. The summed E-state index contributed by atoms with van der Waals surface area (Å²) in [6.07, 6.45) is 4.86. The number of carbonyl (C=O) groups excluding carboxylic acids is 1. The summed E-state index contributed by atoms with van der Waals surface area (Å²) >= 11 is 0. The molecule has 1 aliphatic rings. The van der Waals surface area contributed by atoms with E-state index in [2.05, 4.69) is 28.5 Å². The van der Waals surface area contributed by atoms with Crippen LogP contribution in [-0.2, 0) is 6.42 Å². The Kier molecular flexibility index (Phi) is 4.75. The predicted octanol–water partition coefficient (Wildman–Crippen LogP) is 5.41. The minimum absolute atomic E-state index is 0.0359. The molecule has 30 heavy (non-hydrogen) atoms. The number of nitrogens with one attached hydrogen (secondary N) is 1. The van der Waals surface area contributed by atoms with Gasteiger partial charge >= 0.3 is 0 Å². The Morgan fingerprint density at radius 1 is 1.00 bits per heavy atom. The summed E-state index contributed by atoms with van der Waals surface area (Å²) in [5.41, 5.74) is 6.59. The molecule has 0 aliphatic heterocycles. The zero-order valence-corrected chi connectivity index (χ0v) is 16.9. The van der Waals surface area contributed by atoms with Gasteiger partial charge in [0, 0.05) is 11.6 Å². The number of benzene rings is 2. The van der Waals surface area contributed by atoms with Crippen LogP contribution in [0.5, 0.6) is 0 Å². The first kappa shape index (κ1) is 18.5. The Morgan fingerprint density at radius 3 is 2.73 bits per heavy atom. The second-order valence-electron chi connectivity index (χ2n) is 7.91. The van der Waals surface area contributed by atoms with Crippen molar-refractivity contribution >= 4 is 16.8 Å². The zero-order chi connectivity index (χ0) is 20.5. The van der Waals surface area contributed by atoms with Gasteiger partial charge in [-0.2, -0.15) is 0 Å². The van der Waals surface area contributed by atoms with Crippen molar-refractivity contribution in [2.75, 3.05) is 0 Å². The lowest BCUT2D eigenvalue weighted by molar-refractivity contribution is 0.0934. The highest BCUT2D eigenvalue weighted by atomic mass is 16.1. The molecular weight excluding hydrogens is 370 g/mol. The molecule has 4 nitrogen and oxygen atoms in total. The quantitative estimate of drug-likeness (QED) is 0.506. The highest BCUT2D eigenvalue weighted by Crippen LogP contribution is 2.31. The summed E-state index contributed by atoms with van der Waals surface area (Å²) in [5, 5.41) is 4.17. The van der Waals surface area contributed by atoms with Crippen molar-refractivity contribution in [1.82, 2.24) is 15.3 Å². The molecule has 2 aromatic carbocycles. The van der Waals surface area contributed by atoms with Crippen molar-refractivity contribution in [3.63, 3.8) is 0 Å². The van der Waals surface area contributed by atoms with Crippen LogP contribution in [0, 0.1) is 6.92 Å². The normalized spacial score (nSPS) is 15.6. The highest BCUT2D eigenvalue weighted by molar-refractivity contribution is 6.07. The van der Waals surface area contributed by atoms with Crippen molar-refractivity contribution in [2.24, 2.45) is 0 Å². The van der Waals surface area contributed by atoms with Crippen molar-refractivity contribution in [2.45, 2.75) is 32.2 Å². The van der Waals surface area contributed by atoms with E-state index in [4.69, 9.17) is 4.98 Å². The van der Waals surface area contributed by atoms with E-state index in [9.17, 15) is 4.79 Å². The topological polar surface area (TPSA) is 54.9 Å². The molecule has 0 radical (unpaired) electrons. The lowest BCUT2D eigenvalue weighted by Crippen LogP contribution is -2.31. The molecule has 1 atom stereocenters. The first-order chi connectivity index (χ1) is 14.7. The van der Waals surface area contributed by atoms with Crippen LogP contribution in [-0.4, -0.2) is 15.9 Å². The van der Waals surface area contributed by atoms with Gasteiger partial charge in [0.25, 0.3) is 5.91 Å². The molecule has 0 spiro atoms.